The molecule has 1 aliphatic carbocycles. The lowest BCUT2D eigenvalue weighted by atomic mass is 9.75. The van der Waals surface area contributed by atoms with E-state index in [0.29, 0.717) is 32.5 Å². The van der Waals surface area contributed by atoms with E-state index >= 15 is 0 Å². The summed E-state index contributed by atoms with van der Waals surface area (Å²) in [4.78, 5) is 29.1. The third kappa shape index (κ3) is 3.46. The fourth-order valence-electron chi connectivity index (χ4n) is 4.79. The summed E-state index contributed by atoms with van der Waals surface area (Å²) in [5, 5.41) is 0. The number of rotatable bonds is 3. The highest BCUT2D eigenvalue weighted by molar-refractivity contribution is 5.86. The first-order valence-electron chi connectivity index (χ1n) is 9.80. The summed E-state index contributed by atoms with van der Waals surface area (Å²) in [6.45, 7) is 4.43. The van der Waals surface area contributed by atoms with Crippen molar-refractivity contribution in [1.29, 1.82) is 0 Å². The van der Waals surface area contributed by atoms with Crippen LogP contribution in [0.4, 0.5) is 8.78 Å². The fraction of sp³-hybridized carbons (Fsp3) is 0.619. The van der Waals surface area contributed by atoms with E-state index in [-0.39, 0.29) is 30.1 Å². The number of amides is 2. The highest BCUT2D eigenvalue weighted by Crippen LogP contribution is 2.45. The summed E-state index contributed by atoms with van der Waals surface area (Å²) < 4.78 is 26.1. The lowest BCUT2D eigenvalue weighted by Gasteiger charge is -2.42. The highest BCUT2D eigenvalue weighted by atomic mass is 19.3. The van der Waals surface area contributed by atoms with Gasteiger partial charge in [0, 0.05) is 44.9 Å². The van der Waals surface area contributed by atoms with Gasteiger partial charge in [-0.3, -0.25) is 9.59 Å². The second-order valence-electron chi connectivity index (χ2n) is 8.53. The molecule has 2 heterocycles. The van der Waals surface area contributed by atoms with Gasteiger partial charge in [0.2, 0.25) is 17.7 Å². The Bertz CT molecular complexity index is 748. The number of alkyl halides is 2. The van der Waals surface area contributed by atoms with Gasteiger partial charge in [0.1, 0.15) is 0 Å². The summed E-state index contributed by atoms with van der Waals surface area (Å²) >= 11 is 0. The van der Waals surface area contributed by atoms with Gasteiger partial charge in [-0.15, -0.1) is 0 Å². The van der Waals surface area contributed by atoms with Crippen LogP contribution in [0.5, 0.6) is 0 Å². The number of halogens is 2. The van der Waals surface area contributed by atoms with Gasteiger partial charge in [-0.2, -0.15) is 0 Å². The molecule has 0 radical (unpaired) electrons. The maximum Gasteiger partial charge on any atom is 0.249 e. The third-order valence-corrected chi connectivity index (χ3v) is 6.53. The topological polar surface area (TPSA) is 40.6 Å². The molecular formula is C21H26F2N2O2. The third-order valence-electron chi connectivity index (χ3n) is 6.53. The molecule has 0 unspecified atom stereocenters. The maximum absolute atomic E-state index is 13.1. The number of piperidine rings is 1. The Labute approximate surface area is 158 Å². The van der Waals surface area contributed by atoms with E-state index in [2.05, 4.69) is 6.07 Å². The quantitative estimate of drug-likeness (QED) is 0.811. The molecule has 0 aromatic heterocycles. The zero-order valence-electron chi connectivity index (χ0n) is 15.7. The first-order valence-corrected chi connectivity index (χ1v) is 9.80. The van der Waals surface area contributed by atoms with Gasteiger partial charge in [0.15, 0.2) is 0 Å². The number of hydrogen-bond acceptors (Lipinski definition) is 2. The van der Waals surface area contributed by atoms with E-state index in [1.807, 2.05) is 30.0 Å². The molecule has 4 nitrogen and oxygen atoms in total. The maximum atomic E-state index is 13.1. The molecule has 1 spiro atoms. The average Bonchev–Trinajstić information content (AvgIpc) is 2.89. The smallest absolute Gasteiger partial charge is 0.249 e. The Morgan fingerprint density at radius 3 is 2.44 bits per heavy atom. The monoisotopic (exact) mass is 376 g/mol. The predicted octanol–water partition coefficient (Wildman–Crippen LogP) is 3.38. The van der Waals surface area contributed by atoms with Gasteiger partial charge in [-0.25, -0.2) is 8.78 Å². The molecule has 1 saturated carbocycles. The predicted molar refractivity (Wildman–Crippen MR) is 97.1 cm³/mol. The van der Waals surface area contributed by atoms with E-state index in [4.69, 9.17) is 0 Å². The molecule has 4 rings (SSSR count). The molecule has 0 atom stereocenters. The van der Waals surface area contributed by atoms with Gasteiger partial charge in [-0.1, -0.05) is 29.8 Å². The normalized spacial score (nSPS) is 24.3. The Balaban J connectivity index is 1.34. The first kappa shape index (κ1) is 18.4. The number of benzene rings is 1. The van der Waals surface area contributed by atoms with Crippen LogP contribution in [0.2, 0.25) is 0 Å². The Morgan fingerprint density at radius 1 is 1.15 bits per heavy atom. The Morgan fingerprint density at radius 2 is 1.81 bits per heavy atom. The minimum Gasteiger partial charge on any atom is -0.342 e. The van der Waals surface area contributed by atoms with E-state index in [9.17, 15) is 18.4 Å². The minimum atomic E-state index is -2.67. The Kier molecular flexibility index (Phi) is 4.47. The van der Waals surface area contributed by atoms with Crippen molar-refractivity contribution in [3.05, 3.63) is 35.4 Å². The van der Waals surface area contributed by atoms with Crippen molar-refractivity contribution < 1.29 is 18.4 Å². The fourth-order valence-corrected chi connectivity index (χ4v) is 4.79. The second kappa shape index (κ2) is 6.57. The van der Waals surface area contributed by atoms with E-state index in [0.717, 1.165) is 18.5 Å². The van der Waals surface area contributed by atoms with Crippen LogP contribution in [0, 0.1) is 18.3 Å². The number of carbonyl (C=O) groups is 2. The van der Waals surface area contributed by atoms with Gasteiger partial charge in [-0.05, 0) is 31.7 Å². The molecular weight excluding hydrogens is 350 g/mol. The molecule has 3 aliphatic rings. The van der Waals surface area contributed by atoms with E-state index in [1.54, 1.807) is 4.90 Å². The van der Waals surface area contributed by atoms with Crippen LogP contribution in [0.1, 0.15) is 43.2 Å². The summed E-state index contributed by atoms with van der Waals surface area (Å²) in [6, 6.07) is 8.20. The lowest BCUT2D eigenvalue weighted by Crippen LogP contribution is -2.51. The zero-order chi connectivity index (χ0) is 19.2. The summed E-state index contributed by atoms with van der Waals surface area (Å²) in [5.41, 5.74) is 1.95. The van der Waals surface area contributed by atoms with Crippen LogP contribution in [0.25, 0.3) is 0 Å². The van der Waals surface area contributed by atoms with E-state index in [1.165, 1.54) is 5.56 Å². The van der Waals surface area contributed by atoms with Crippen LogP contribution < -0.4 is 0 Å². The van der Waals surface area contributed by atoms with Crippen molar-refractivity contribution in [2.45, 2.75) is 51.5 Å². The van der Waals surface area contributed by atoms with Crippen LogP contribution in [-0.4, -0.2) is 47.2 Å². The van der Waals surface area contributed by atoms with Crippen LogP contribution in [0.15, 0.2) is 24.3 Å². The standard InChI is InChI=1S/C21H26F2N2O2/c1-15-3-2-4-16(11-15)14-25-10-7-20(19(25)27)5-8-24(9-6-20)18(26)17-12-21(22,23)13-17/h2-4,11,17H,5-10,12-14H2,1H3. The van der Waals surface area contributed by atoms with Crippen molar-refractivity contribution >= 4 is 11.8 Å². The van der Waals surface area contributed by atoms with Crippen LogP contribution in [0.3, 0.4) is 0 Å². The number of nitrogens with zero attached hydrogens (tertiary/aromatic N) is 2. The van der Waals surface area contributed by atoms with Gasteiger partial charge < -0.3 is 9.80 Å². The largest absolute Gasteiger partial charge is 0.342 e. The highest BCUT2D eigenvalue weighted by Gasteiger charge is 2.52. The van der Waals surface area contributed by atoms with Crippen molar-refractivity contribution in [3.63, 3.8) is 0 Å². The first-order chi connectivity index (χ1) is 12.8. The van der Waals surface area contributed by atoms with Crippen LogP contribution in [-0.2, 0) is 16.1 Å². The average molecular weight is 376 g/mol. The molecule has 1 aromatic rings. The minimum absolute atomic E-state index is 0.155. The molecule has 1 aromatic carbocycles. The number of aryl methyl sites for hydroxylation is 1. The summed E-state index contributed by atoms with van der Waals surface area (Å²) in [6.07, 6.45) is 1.46. The van der Waals surface area contributed by atoms with Crippen molar-refractivity contribution in [2.24, 2.45) is 11.3 Å². The molecule has 6 heteroatoms. The van der Waals surface area contributed by atoms with Crippen molar-refractivity contribution in [1.82, 2.24) is 9.80 Å². The van der Waals surface area contributed by atoms with Crippen molar-refractivity contribution in [2.75, 3.05) is 19.6 Å². The molecule has 27 heavy (non-hydrogen) atoms. The molecule has 2 saturated heterocycles. The number of hydrogen-bond donors (Lipinski definition) is 0. The number of likely N-dealkylation sites (tertiary alicyclic amines) is 2. The van der Waals surface area contributed by atoms with Gasteiger partial charge in [0.05, 0.1) is 5.41 Å². The number of carbonyl (C=O) groups excluding carboxylic acids is 2. The second-order valence-corrected chi connectivity index (χ2v) is 8.53. The van der Waals surface area contributed by atoms with Crippen LogP contribution >= 0.6 is 0 Å². The molecule has 2 amide bonds. The molecule has 2 aliphatic heterocycles. The zero-order valence-corrected chi connectivity index (χ0v) is 15.7. The molecule has 146 valence electrons. The van der Waals surface area contributed by atoms with Crippen molar-refractivity contribution in [3.8, 4) is 0 Å². The van der Waals surface area contributed by atoms with Gasteiger partial charge in [0.25, 0.3) is 0 Å². The van der Waals surface area contributed by atoms with Gasteiger partial charge >= 0.3 is 0 Å². The molecule has 0 N–H and O–H groups in total. The lowest BCUT2D eigenvalue weighted by molar-refractivity contribution is -0.162. The summed E-state index contributed by atoms with van der Waals surface area (Å²) in [7, 11) is 0. The SMILES string of the molecule is Cc1cccc(CN2CCC3(CCN(C(=O)C4CC(F)(F)C4)CC3)C2=O)c1. The molecule has 3 fully saturated rings. The van der Waals surface area contributed by atoms with E-state index < -0.39 is 11.8 Å². The molecule has 0 bridgehead atoms. The summed E-state index contributed by atoms with van der Waals surface area (Å²) in [5.74, 6) is -3.18. The Hall–Kier alpha value is -1.98.